The smallest absolute Gasteiger partial charge is 0.213 e. The number of ether oxygens (including phenoxy) is 1. The summed E-state index contributed by atoms with van der Waals surface area (Å²) in [6.45, 7) is 6.62. The van der Waals surface area contributed by atoms with Crippen LogP contribution in [0.5, 0.6) is 5.88 Å². The number of pyridine rings is 1. The van der Waals surface area contributed by atoms with E-state index >= 15 is 0 Å². The summed E-state index contributed by atoms with van der Waals surface area (Å²) in [4.78, 5) is 4.35. The molecule has 78 valence electrons. The van der Waals surface area contributed by atoms with Crippen molar-refractivity contribution in [2.45, 2.75) is 26.8 Å². The molecule has 0 aliphatic heterocycles. The monoisotopic (exact) mass is 194 g/mol. The Morgan fingerprint density at radius 1 is 1.36 bits per heavy atom. The number of nitrogens with one attached hydrogen (secondary N) is 1. The summed E-state index contributed by atoms with van der Waals surface area (Å²) in [6.07, 6.45) is 1.14. The number of aromatic nitrogens is 1. The molecule has 1 rings (SSSR count). The first-order valence-electron chi connectivity index (χ1n) is 5.16. The van der Waals surface area contributed by atoms with Crippen molar-refractivity contribution in [2.75, 3.05) is 13.2 Å². The summed E-state index contributed by atoms with van der Waals surface area (Å²) in [5, 5.41) is 3.30. The number of rotatable bonds is 6. The van der Waals surface area contributed by atoms with E-state index in [9.17, 15) is 0 Å². The van der Waals surface area contributed by atoms with E-state index in [2.05, 4.69) is 17.2 Å². The molecule has 0 saturated carbocycles. The van der Waals surface area contributed by atoms with Crippen molar-refractivity contribution in [1.29, 1.82) is 0 Å². The molecule has 0 amide bonds. The van der Waals surface area contributed by atoms with Crippen molar-refractivity contribution in [2.24, 2.45) is 0 Å². The summed E-state index contributed by atoms with van der Waals surface area (Å²) in [7, 11) is 0. The van der Waals surface area contributed by atoms with Crippen molar-refractivity contribution >= 4 is 0 Å². The van der Waals surface area contributed by atoms with E-state index in [1.807, 2.05) is 25.1 Å². The zero-order valence-corrected chi connectivity index (χ0v) is 8.92. The fraction of sp³-hybridized carbons (Fsp3) is 0.545. The van der Waals surface area contributed by atoms with Crippen LogP contribution in [0, 0.1) is 0 Å². The second kappa shape index (κ2) is 6.38. The molecule has 3 heteroatoms. The highest BCUT2D eigenvalue weighted by Crippen LogP contribution is 2.06. The Hall–Kier alpha value is -1.09. The predicted octanol–water partition coefficient (Wildman–Crippen LogP) is 1.98. The number of hydrogen-bond acceptors (Lipinski definition) is 3. The molecular formula is C11H18N2O. The minimum absolute atomic E-state index is 0.666. The molecule has 0 bridgehead atoms. The van der Waals surface area contributed by atoms with Crippen LogP contribution in [0.1, 0.15) is 26.0 Å². The van der Waals surface area contributed by atoms with E-state index in [0.717, 1.165) is 25.2 Å². The van der Waals surface area contributed by atoms with Gasteiger partial charge in [-0.1, -0.05) is 13.0 Å². The number of hydrogen-bond donors (Lipinski definition) is 1. The van der Waals surface area contributed by atoms with E-state index in [1.165, 1.54) is 0 Å². The van der Waals surface area contributed by atoms with Crippen LogP contribution in [0.2, 0.25) is 0 Å². The Bertz CT molecular complexity index is 263. The van der Waals surface area contributed by atoms with Gasteiger partial charge in [-0.15, -0.1) is 0 Å². The van der Waals surface area contributed by atoms with Gasteiger partial charge in [0.05, 0.1) is 12.3 Å². The van der Waals surface area contributed by atoms with Crippen LogP contribution in [0.15, 0.2) is 18.2 Å². The Labute approximate surface area is 85.5 Å². The van der Waals surface area contributed by atoms with Crippen LogP contribution in [-0.4, -0.2) is 18.1 Å². The van der Waals surface area contributed by atoms with Gasteiger partial charge in [0, 0.05) is 12.6 Å². The maximum atomic E-state index is 5.31. The van der Waals surface area contributed by atoms with Gasteiger partial charge < -0.3 is 10.1 Å². The quantitative estimate of drug-likeness (QED) is 0.703. The molecule has 1 aromatic heterocycles. The van der Waals surface area contributed by atoms with Gasteiger partial charge in [0.1, 0.15) is 0 Å². The number of nitrogens with zero attached hydrogens (tertiary/aromatic N) is 1. The average molecular weight is 194 g/mol. The second-order valence-corrected chi connectivity index (χ2v) is 3.08. The van der Waals surface area contributed by atoms with Crippen molar-refractivity contribution in [3.8, 4) is 5.88 Å². The molecule has 0 radical (unpaired) electrons. The van der Waals surface area contributed by atoms with Crippen LogP contribution in [0.4, 0.5) is 0 Å². The van der Waals surface area contributed by atoms with Gasteiger partial charge in [-0.3, -0.25) is 0 Å². The van der Waals surface area contributed by atoms with E-state index in [1.54, 1.807) is 0 Å². The third-order valence-corrected chi connectivity index (χ3v) is 1.81. The Kier molecular flexibility index (Phi) is 5.00. The zero-order chi connectivity index (χ0) is 10.2. The Morgan fingerprint density at radius 2 is 2.21 bits per heavy atom. The van der Waals surface area contributed by atoms with E-state index in [0.29, 0.717) is 12.5 Å². The molecule has 0 atom stereocenters. The van der Waals surface area contributed by atoms with Crippen molar-refractivity contribution in [3.63, 3.8) is 0 Å². The van der Waals surface area contributed by atoms with Gasteiger partial charge >= 0.3 is 0 Å². The lowest BCUT2D eigenvalue weighted by molar-refractivity contribution is 0.325. The average Bonchev–Trinajstić information content (AvgIpc) is 2.19. The first-order valence-corrected chi connectivity index (χ1v) is 5.16. The molecule has 14 heavy (non-hydrogen) atoms. The van der Waals surface area contributed by atoms with E-state index < -0.39 is 0 Å². The summed E-state index contributed by atoms with van der Waals surface area (Å²) in [6, 6.07) is 5.86. The van der Waals surface area contributed by atoms with Crippen molar-refractivity contribution in [1.82, 2.24) is 10.3 Å². The molecular weight excluding hydrogens is 176 g/mol. The topological polar surface area (TPSA) is 34.1 Å². The predicted molar refractivity (Wildman–Crippen MR) is 57.4 cm³/mol. The summed E-state index contributed by atoms with van der Waals surface area (Å²) >= 11 is 0. The molecule has 1 aromatic rings. The van der Waals surface area contributed by atoms with Crippen LogP contribution < -0.4 is 10.1 Å². The normalized spacial score (nSPS) is 10.1. The highest BCUT2D eigenvalue weighted by atomic mass is 16.5. The van der Waals surface area contributed by atoms with Gasteiger partial charge in [-0.05, 0) is 26.0 Å². The zero-order valence-electron chi connectivity index (χ0n) is 8.92. The molecule has 0 saturated heterocycles. The lowest BCUT2D eigenvalue weighted by Gasteiger charge is -2.05. The molecule has 3 nitrogen and oxygen atoms in total. The second-order valence-electron chi connectivity index (χ2n) is 3.08. The maximum absolute atomic E-state index is 5.31. The van der Waals surface area contributed by atoms with Crippen molar-refractivity contribution in [3.05, 3.63) is 23.9 Å². The Morgan fingerprint density at radius 3 is 2.93 bits per heavy atom. The lowest BCUT2D eigenvalue weighted by Crippen LogP contribution is -2.14. The summed E-state index contributed by atoms with van der Waals surface area (Å²) < 4.78 is 5.31. The highest BCUT2D eigenvalue weighted by molar-refractivity contribution is 5.15. The molecule has 0 fully saturated rings. The fourth-order valence-electron chi connectivity index (χ4n) is 1.18. The van der Waals surface area contributed by atoms with Gasteiger partial charge in [0.15, 0.2) is 0 Å². The fourth-order valence-corrected chi connectivity index (χ4v) is 1.18. The van der Waals surface area contributed by atoms with Gasteiger partial charge in [-0.2, -0.15) is 0 Å². The van der Waals surface area contributed by atoms with Crippen LogP contribution in [0.3, 0.4) is 0 Å². The molecule has 1 N–H and O–H groups in total. The molecule has 0 aromatic carbocycles. The minimum Gasteiger partial charge on any atom is -0.478 e. The summed E-state index contributed by atoms with van der Waals surface area (Å²) in [5.41, 5.74) is 1.03. The molecule has 0 aliphatic carbocycles. The van der Waals surface area contributed by atoms with Gasteiger partial charge in [0.2, 0.25) is 5.88 Å². The van der Waals surface area contributed by atoms with Gasteiger partial charge in [-0.25, -0.2) is 4.98 Å². The maximum Gasteiger partial charge on any atom is 0.213 e. The van der Waals surface area contributed by atoms with E-state index in [4.69, 9.17) is 4.74 Å². The van der Waals surface area contributed by atoms with Crippen LogP contribution in [0.25, 0.3) is 0 Å². The molecule has 0 spiro atoms. The standard InChI is InChI=1S/C11H18N2O/c1-3-8-12-9-10-6-5-7-11(13-10)14-4-2/h5-7,12H,3-4,8-9H2,1-2H3. The molecule has 0 aliphatic rings. The minimum atomic E-state index is 0.666. The lowest BCUT2D eigenvalue weighted by atomic mass is 10.3. The third-order valence-electron chi connectivity index (χ3n) is 1.81. The largest absolute Gasteiger partial charge is 0.478 e. The first-order chi connectivity index (χ1) is 6.86. The Balaban J connectivity index is 2.46. The van der Waals surface area contributed by atoms with Gasteiger partial charge in [0.25, 0.3) is 0 Å². The van der Waals surface area contributed by atoms with Crippen molar-refractivity contribution < 1.29 is 4.74 Å². The molecule has 0 unspecified atom stereocenters. The summed E-state index contributed by atoms with van der Waals surface area (Å²) in [5.74, 6) is 0.711. The first kappa shape index (κ1) is 11.0. The van der Waals surface area contributed by atoms with Crippen LogP contribution >= 0.6 is 0 Å². The molecule has 1 heterocycles. The van der Waals surface area contributed by atoms with Crippen LogP contribution in [-0.2, 0) is 6.54 Å². The highest BCUT2D eigenvalue weighted by Gasteiger charge is 1.96. The SMILES string of the molecule is CCCNCc1cccc(OCC)n1. The van der Waals surface area contributed by atoms with E-state index in [-0.39, 0.29) is 0 Å². The third kappa shape index (κ3) is 3.75.